The second-order valence-corrected chi connectivity index (χ2v) is 8.10. The van der Waals surface area contributed by atoms with Crippen molar-refractivity contribution in [3.8, 4) is 23.0 Å². The lowest BCUT2D eigenvalue weighted by Crippen LogP contribution is -2.35. The Morgan fingerprint density at radius 3 is 2.12 bits per heavy atom. The number of hydrogen-bond acceptors (Lipinski definition) is 7. The minimum atomic E-state index is -0.403. The van der Waals surface area contributed by atoms with Crippen molar-refractivity contribution in [2.24, 2.45) is 0 Å². The molecule has 1 atom stereocenters. The first-order valence-corrected chi connectivity index (χ1v) is 11.8. The molecule has 0 radical (unpaired) electrons. The predicted octanol–water partition coefficient (Wildman–Crippen LogP) is 5.00. The van der Waals surface area contributed by atoms with Gasteiger partial charge in [-0.2, -0.15) is 0 Å². The van der Waals surface area contributed by atoms with Crippen LogP contribution in [0.1, 0.15) is 49.0 Å². The highest BCUT2D eigenvalue weighted by Crippen LogP contribution is 2.38. The number of carbonyl (C=O) groups is 1. The molecule has 0 fully saturated rings. The van der Waals surface area contributed by atoms with Gasteiger partial charge in [0.15, 0.2) is 11.5 Å². The molecule has 1 unspecified atom stereocenters. The zero-order valence-corrected chi connectivity index (χ0v) is 21.4. The molecule has 0 aromatic heterocycles. The molecule has 0 amide bonds. The highest BCUT2D eigenvalue weighted by molar-refractivity contribution is 5.91. The summed E-state index contributed by atoms with van der Waals surface area (Å²) >= 11 is 0. The van der Waals surface area contributed by atoms with Gasteiger partial charge in [-0.25, -0.2) is 4.79 Å². The summed E-state index contributed by atoms with van der Waals surface area (Å²) in [7, 11) is 6.28. The van der Waals surface area contributed by atoms with Crippen LogP contribution >= 0.6 is 0 Å². The lowest BCUT2D eigenvalue weighted by Gasteiger charge is -2.28. The van der Waals surface area contributed by atoms with Crippen LogP contribution in [0.15, 0.2) is 36.4 Å². The number of rotatable bonds is 15. The van der Waals surface area contributed by atoms with Crippen LogP contribution in [-0.4, -0.2) is 65.0 Å². The molecule has 0 aliphatic carbocycles. The normalized spacial score (nSPS) is 11.7. The van der Waals surface area contributed by atoms with Crippen molar-refractivity contribution in [2.75, 3.05) is 48.1 Å². The number of esters is 1. The maximum atomic E-state index is 12.5. The second kappa shape index (κ2) is 14.4. The first-order valence-electron chi connectivity index (χ1n) is 11.8. The molecule has 0 aliphatic rings. The van der Waals surface area contributed by atoms with E-state index in [1.165, 1.54) is 26.9 Å². The fraction of sp³-hybridized carbons (Fsp3) is 0.519. The maximum absolute atomic E-state index is 12.5. The number of carbonyl (C=O) groups excluding carboxylic acids is 1. The number of hydrogen-bond donors (Lipinski definition) is 0. The van der Waals surface area contributed by atoms with Gasteiger partial charge in [0, 0.05) is 6.04 Å². The van der Waals surface area contributed by atoms with Crippen LogP contribution in [0.4, 0.5) is 0 Å². The van der Waals surface area contributed by atoms with E-state index < -0.39 is 5.97 Å². The number of likely N-dealkylation sites (N-methyl/N-ethyl adjacent to an activating group) is 1. The molecule has 0 spiro atoms. The molecule has 0 saturated carbocycles. The molecule has 0 saturated heterocycles. The Labute approximate surface area is 203 Å². The molecule has 188 valence electrons. The molecule has 0 heterocycles. The summed E-state index contributed by atoms with van der Waals surface area (Å²) in [5, 5.41) is 0. The van der Waals surface area contributed by atoms with E-state index >= 15 is 0 Å². The molecule has 34 heavy (non-hydrogen) atoms. The molecule has 7 heteroatoms. The fourth-order valence-electron chi connectivity index (χ4n) is 4.05. The monoisotopic (exact) mass is 473 g/mol. The summed E-state index contributed by atoms with van der Waals surface area (Å²) in [6.07, 6.45) is 3.80. The van der Waals surface area contributed by atoms with Crippen molar-refractivity contribution in [2.45, 2.75) is 45.6 Å². The van der Waals surface area contributed by atoms with Gasteiger partial charge in [-0.15, -0.1) is 0 Å². The lowest BCUT2D eigenvalue weighted by atomic mass is 10.0. The van der Waals surface area contributed by atoms with Crippen LogP contribution in [0.25, 0.3) is 0 Å². The largest absolute Gasteiger partial charge is 0.496 e. The Morgan fingerprint density at radius 2 is 1.53 bits per heavy atom. The van der Waals surface area contributed by atoms with E-state index in [0.29, 0.717) is 35.5 Å². The van der Waals surface area contributed by atoms with Gasteiger partial charge in [-0.05, 0) is 69.5 Å². The van der Waals surface area contributed by atoms with Gasteiger partial charge in [-0.3, -0.25) is 0 Å². The minimum Gasteiger partial charge on any atom is -0.496 e. The second-order valence-electron chi connectivity index (χ2n) is 8.10. The SMILES string of the molecule is CCN(CCCCCOC(=O)c1cc(OC)c(OC)c(OC)c1)C(C)Cc1ccccc1OC. The third kappa shape index (κ3) is 7.55. The Morgan fingerprint density at radius 1 is 0.882 bits per heavy atom. The Balaban J connectivity index is 1.77. The van der Waals surface area contributed by atoms with E-state index in [2.05, 4.69) is 30.9 Å². The Bertz CT molecular complexity index is 875. The molecule has 2 aromatic rings. The van der Waals surface area contributed by atoms with Gasteiger partial charge in [0.2, 0.25) is 5.75 Å². The van der Waals surface area contributed by atoms with Gasteiger partial charge in [0.1, 0.15) is 5.75 Å². The van der Waals surface area contributed by atoms with E-state index in [1.54, 1.807) is 19.2 Å². The van der Waals surface area contributed by atoms with Crippen molar-refractivity contribution in [1.29, 1.82) is 0 Å². The fourth-order valence-corrected chi connectivity index (χ4v) is 4.05. The van der Waals surface area contributed by atoms with Crippen LogP contribution in [0, 0.1) is 0 Å². The van der Waals surface area contributed by atoms with E-state index in [0.717, 1.165) is 44.5 Å². The van der Waals surface area contributed by atoms with Gasteiger partial charge in [0.05, 0.1) is 40.6 Å². The average Bonchev–Trinajstić information content (AvgIpc) is 2.87. The van der Waals surface area contributed by atoms with Gasteiger partial charge in [0.25, 0.3) is 0 Å². The average molecular weight is 474 g/mol. The highest BCUT2D eigenvalue weighted by Gasteiger charge is 2.18. The summed E-state index contributed by atoms with van der Waals surface area (Å²) < 4.78 is 26.9. The standard InChI is InChI=1S/C27H39NO6/c1-7-28(20(2)17-21-13-9-10-14-23(21)30-3)15-11-8-12-16-34-27(29)22-18-24(31-4)26(33-6)25(19-22)32-5/h9-10,13-14,18-20H,7-8,11-12,15-17H2,1-6H3. The van der Waals surface area contributed by atoms with E-state index in [1.807, 2.05) is 12.1 Å². The maximum Gasteiger partial charge on any atom is 0.338 e. The van der Waals surface area contributed by atoms with Gasteiger partial charge in [-0.1, -0.05) is 25.1 Å². The predicted molar refractivity (Wildman–Crippen MR) is 134 cm³/mol. The summed E-state index contributed by atoms with van der Waals surface area (Å²) in [6, 6.07) is 11.8. The van der Waals surface area contributed by atoms with Crippen molar-refractivity contribution < 1.29 is 28.5 Å². The van der Waals surface area contributed by atoms with Crippen LogP contribution in [-0.2, 0) is 11.2 Å². The van der Waals surface area contributed by atoms with Gasteiger partial charge >= 0.3 is 5.97 Å². The summed E-state index contributed by atoms with van der Waals surface area (Å²) in [6.45, 7) is 6.82. The first-order chi connectivity index (χ1) is 16.5. The van der Waals surface area contributed by atoms with Crippen LogP contribution in [0.2, 0.25) is 0 Å². The van der Waals surface area contributed by atoms with Crippen molar-refractivity contribution in [3.05, 3.63) is 47.5 Å². The third-order valence-electron chi connectivity index (χ3n) is 5.96. The Hall–Kier alpha value is -2.93. The van der Waals surface area contributed by atoms with Crippen LogP contribution in [0.5, 0.6) is 23.0 Å². The van der Waals surface area contributed by atoms with Crippen LogP contribution in [0.3, 0.4) is 0 Å². The van der Waals surface area contributed by atoms with E-state index in [4.69, 9.17) is 23.7 Å². The number of methoxy groups -OCH3 is 4. The first kappa shape index (κ1) is 27.3. The van der Waals surface area contributed by atoms with E-state index in [9.17, 15) is 4.79 Å². The van der Waals surface area contributed by atoms with Crippen molar-refractivity contribution in [1.82, 2.24) is 4.90 Å². The molecule has 2 rings (SSSR count). The number of para-hydroxylation sites is 1. The summed E-state index contributed by atoms with van der Waals surface area (Å²) in [5.41, 5.74) is 1.60. The molecular formula is C27H39NO6. The summed E-state index contributed by atoms with van der Waals surface area (Å²) in [4.78, 5) is 15.0. The zero-order chi connectivity index (χ0) is 24.9. The zero-order valence-electron chi connectivity index (χ0n) is 21.4. The molecule has 7 nitrogen and oxygen atoms in total. The number of unbranched alkanes of at least 4 members (excludes halogenated alkanes) is 2. The van der Waals surface area contributed by atoms with Crippen molar-refractivity contribution in [3.63, 3.8) is 0 Å². The summed E-state index contributed by atoms with van der Waals surface area (Å²) in [5.74, 6) is 1.84. The van der Waals surface area contributed by atoms with Gasteiger partial charge < -0.3 is 28.6 Å². The third-order valence-corrected chi connectivity index (χ3v) is 5.96. The lowest BCUT2D eigenvalue weighted by molar-refractivity contribution is 0.0495. The van der Waals surface area contributed by atoms with Crippen LogP contribution < -0.4 is 18.9 Å². The quantitative estimate of drug-likeness (QED) is 0.266. The molecule has 2 aromatic carbocycles. The smallest absolute Gasteiger partial charge is 0.338 e. The minimum absolute atomic E-state index is 0.372. The number of nitrogens with zero attached hydrogens (tertiary/aromatic N) is 1. The van der Waals surface area contributed by atoms with E-state index in [-0.39, 0.29) is 0 Å². The highest BCUT2D eigenvalue weighted by atomic mass is 16.5. The number of ether oxygens (including phenoxy) is 5. The van der Waals surface area contributed by atoms with Crippen molar-refractivity contribution >= 4 is 5.97 Å². The number of benzene rings is 2. The molecule has 0 N–H and O–H groups in total. The molecule has 0 bridgehead atoms. The Kier molecular flexibility index (Phi) is 11.5. The molecule has 0 aliphatic heterocycles. The topological polar surface area (TPSA) is 66.5 Å². The molecular weight excluding hydrogens is 434 g/mol.